The van der Waals surface area contributed by atoms with E-state index in [2.05, 4.69) is 0 Å². The highest BCUT2D eigenvalue weighted by atomic mass is 19.1. The average molecular weight is 144 g/mol. The number of carbonyl (C=O) groups is 1. The van der Waals surface area contributed by atoms with Gasteiger partial charge in [-0.15, -0.1) is 0 Å². The lowest BCUT2D eigenvalue weighted by Gasteiger charge is -2.20. The first kappa shape index (κ1) is 7.25. The normalized spacial score (nSPS) is 20.3. The van der Waals surface area contributed by atoms with Crippen LogP contribution in [0.2, 0.25) is 0 Å². The van der Waals surface area contributed by atoms with Crippen LogP contribution in [-0.4, -0.2) is 11.1 Å². The van der Waals surface area contributed by atoms with E-state index in [4.69, 9.17) is 5.11 Å². The molecule has 1 aliphatic rings. The molecule has 0 aromatic heterocycles. The maximum absolute atomic E-state index is 12.3. The Morgan fingerprint density at radius 3 is 2.50 bits per heavy atom. The number of halogens is 1. The van der Waals surface area contributed by atoms with Crippen LogP contribution in [0, 0.1) is 5.92 Å². The van der Waals surface area contributed by atoms with E-state index in [-0.39, 0.29) is 5.92 Å². The molecular weight excluding hydrogens is 135 g/mol. The van der Waals surface area contributed by atoms with E-state index >= 15 is 0 Å². The van der Waals surface area contributed by atoms with Crippen molar-refractivity contribution in [1.82, 2.24) is 0 Å². The third kappa shape index (κ3) is 1.56. The Bertz CT molecular complexity index is 170. The van der Waals surface area contributed by atoms with Crippen molar-refractivity contribution in [2.45, 2.75) is 19.3 Å². The smallest absolute Gasteiger partial charge is 0.364 e. The standard InChI is InChI=1S/C7H9FO2/c8-6(7(9)10)4-5-2-1-3-5/h4-5H,1-3H2,(H,9,10). The van der Waals surface area contributed by atoms with Gasteiger partial charge in [0, 0.05) is 0 Å². The lowest BCUT2D eigenvalue weighted by atomic mass is 9.85. The van der Waals surface area contributed by atoms with Crippen molar-refractivity contribution in [3.63, 3.8) is 0 Å². The van der Waals surface area contributed by atoms with Crippen LogP contribution in [0.1, 0.15) is 19.3 Å². The first-order chi connectivity index (χ1) is 4.70. The molecular formula is C7H9FO2. The molecule has 0 heterocycles. The van der Waals surface area contributed by atoms with Gasteiger partial charge in [-0.3, -0.25) is 0 Å². The lowest BCUT2D eigenvalue weighted by molar-refractivity contribution is -0.134. The molecule has 0 radical (unpaired) electrons. The van der Waals surface area contributed by atoms with Gasteiger partial charge in [0.25, 0.3) is 0 Å². The van der Waals surface area contributed by atoms with E-state index < -0.39 is 11.8 Å². The minimum absolute atomic E-state index is 0.177. The Morgan fingerprint density at radius 1 is 1.60 bits per heavy atom. The zero-order valence-corrected chi connectivity index (χ0v) is 5.51. The second-order valence-electron chi connectivity index (χ2n) is 2.51. The summed E-state index contributed by atoms with van der Waals surface area (Å²) in [6, 6.07) is 0. The molecule has 56 valence electrons. The Morgan fingerprint density at radius 2 is 2.20 bits per heavy atom. The van der Waals surface area contributed by atoms with Gasteiger partial charge < -0.3 is 5.11 Å². The molecule has 0 spiro atoms. The fourth-order valence-corrected chi connectivity index (χ4v) is 0.885. The van der Waals surface area contributed by atoms with Crippen molar-refractivity contribution in [3.05, 3.63) is 11.9 Å². The number of carboxylic acid groups (broad SMARTS) is 1. The first-order valence-electron chi connectivity index (χ1n) is 3.31. The Labute approximate surface area is 58.4 Å². The summed E-state index contributed by atoms with van der Waals surface area (Å²) in [5, 5.41) is 8.11. The van der Waals surface area contributed by atoms with Gasteiger partial charge in [0.05, 0.1) is 0 Å². The third-order valence-corrected chi connectivity index (χ3v) is 1.74. The third-order valence-electron chi connectivity index (χ3n) is 1.74. The monoisotopic (exact) mass is 144 g/mol. The van der Waals surface area contributed by atoms with Gasteiger partial charge >= 0.3 is 5.97 Å². The van der Waals surface area contributed by atoms with Crippen LogP contribution < -0.4 is 0 Å². The van der Waals surface area contributed by atoms with Crippen LogP contribution in [0.25, 0.3) is 0 Å². The highest BCUT2D eigenvalue weighted by Crippen LogP contribution is 2.28. The molecule has 0 aromatic carbocycles. The van der Waals surface area contributed by atoms with Crippen LogP contribution in [0.5, 0.6) is 0 Å². The van der Waals surface area contributed by atoms with Crippen LogP contribution in [0.3, 0.4) is 0 Å². The molecule has 1 saturated carbocycles. The van der Waals surface area contributed by atoms with Crippen LogP contribution in [-0.2, 0) is 4.79 Å². The van der Waals surface area contributed by atoms with Crippen LogP contribution in [0.15, 0.2) is 11.9 Å². The maximum atomic E-state index is 12.3. The van der Waals surface area contributed by atoms with Crippen molar-refractivity contribution < 1.29 is 14.3 Å². The molecule has 0 aliphatic heterocycles. The van der Waals surface area contributed by atoms with Gasteiger partial charge in [-0.2, -0.15) is 4.39 Å². The number of carboxylic acids is 1. The number of hydrogen-bond donors (Lipinski definition) is 1. The summed E-state index contributed by atoms with van der Waals surface area (Å²) >= 11 is 0. The number of rotatable bonds is 2. The summed E-state index contributed by atoms with van der Waals surface area (Å²) in [6.45, 7) is 0. The zero-order valence-electron chi connectivity index (χ0n) is 5.51. The number of aliphatic carboxylic acids is 1. The quantitative estimate of drug-likeness (QED) is 0.599. The number of hydrogen-bond acceptors (Lipinski definition) is 1. The summed E-state index contributed by atoms with van der Waals surface area (Å²) in [6.07, 6.45) is 4.15. The van der Waals surface area contributed by atoms with Crippen molar-refractivity contribution in [1.29, 1.82) is 0 Å². The Hall–Kier alpha value is -0.860. The summed E-state index contributed by atoms with van der Waals surface area (Å²) < 4.78 is 12.3. The van der Waals surface area contributed by atoms with Gasteiger partial charge in [-0.1, -0.05) is 6.42 Å². The molecule has 0 atom stereocenters. The molecule has 0 saturated heterocycles. The summed E-state index contributed by atoms with van der Waals surface area (Å²) in [5.41, 5.74) is 0. The Balaban J connectivity index is 2.44. The fraction of sp³-hybridized carbons (Fsp3) is 0.571. The van der Waals surface area contributed by atoms with Gasteiger partial charge in [0.15, 0.2) is 0 Å². The predicted octanol–water partition coefficient (Wildman–Crippen LogP) is 1.72. The van der Waals surface area contributed by atoms with E-state index in [1.165, 1.54) is 6.08 Å². The number of allylic oxidation sites excluding steroid dienone is 1. The fourth-order valence-electron chi connectivity index (χ4n) is 0.885. The molecule has 10 heavy (non-hydrogen) atoms. The van der Waals surface area contributed by atoms with Crippen molar-refractivity contribution in [2.24, 2.45) is 5.92 Å². The molecule has 1 aliphatic carbocycles. The topological polar surface area (TPSA) is 37.3 Å². The molecule has 0 aromatic rings. The van der Waals surface area contributed by atoms with Gasteiger partial charge in [-0.05, 0) is 24.8 Å². The zero-order chi connectivity index (χ0) is 7.56. The molecule has 2 nitrogen and oxygen atoms in total. The molecule has 1 N–H and O–H groups in total. The van der Waals surface area contributed by atoms with Crippen LogP contribution >= 0.6 is 0 Å². The maximum Gasteiger partial charge on any atom is 0.364 e. The highest BCUT2D eigenvalue weighted by Gasteiger charge is 2.17. The van der Waals surface area contributed by atoms with E-state index in [9.17, 15) is 9.18 Å². The van der Waals surface area contributed by atoms with E-state index in [1.807, 2.05) is 0 Å². The average Bonchev–Trinajstić information content (AvgIpc) is 1.77. The minimum Gasteiger partial charge on any atom is -0.476 e. The van der Waals surface area contributed by atoms with Gasteiger partial charge in [0.2, 0.25) is 5.83 Å². The van der Waals surface area contributed by atoms with Crippen LogP contribution in [0.4, 0.5) is 4.39 Å². The second kappa shape index (κ2) is 2.82. The van der Waals surface area contributed by atoms with E-state index in [0.717, 1.165) is 19.3 Å². The SMILES string of the molecule is O=C(O)C(F)=CC1CCC1. The molecule has 0 bridgehead atoms. The first-order valence-corrected chi connectivity index (χ1v) is 3.31. The van der Waals surface area contributed by atoms with E-state index in [0.29, 0.717) is 0 Å². The summed E-state index contributed by atoms with van der Waals surface area (Å²) in [5.74, 6) is -2.28. The second-order valence-corrected chi connectivity index (χ2v) is 2.51. The molecule has 0 amide bonds. The van der Waals surface area contributed by atoms with Crippen molar-refractivity contribution in [3.8, 4) is 0 Å². The largest absolute Gasteiger partial charge is 0.476 e. The van der Waals surface area contributed by atoms with Gasteiger partial charge in [0.1, 0.15) is 0 Å². The summed E-state index contributed by atoms with van der Waals surface area (Å²) in [7, 11) is 0. The predicted molar refractivity (Wildman–Crippen MR) is 34.2 cm³/mol. The minimum atomic E-state index is -1.45. The van der Waals surface area contributed by atoms with Gasteiger partial charge in [-0.25, -0.2) is 4.79 Å². The highest BCUT2D eigenvalue weighted by molar-refractivity contribution is 5.83. The van der Waals surface area contributed by atoms with Crippen molar-refractivity contribution in [2.75, 3.05) is 0 Å². The van der Waals surface area contributed by atoms with Crippen molar-refractivity contribution >= 4 is 5.97 Å². The molecule has 0 unspecified atom stereocenters. The summed E-state index contributed by atoms with van der Waals surface area (Å²) in [4.78, 5) is 9.93. The van der Waals surface area contributed by atoms with E-state index in [1.54, 1.807) is 0 Å². The Kier molecular flexibility index (Phi) is 2.04. The molecule has 3 heteroatoms. The lowest BCUT2D eigenvalue weighted by Crippen LogP contribution is -2.09. The molecule has 1 rings (SSSR count). The molecule has 1 fully saturated rings.